The van der Waals surface area contributed by atoms with E-state index in [4.69, 9.17) is 9.47 Å². The number of nitrogens with zero attached hydrogens (tertiary/aromatic N) is 2. The molecular formula is C28H32FN5O6. The fourth-order valence-corrected chi connectivity index (χ4v) is 5.26. The first-order valence-electron chi connectivity index (χ1n) is 13.3. The number of aryl methyl sites for hydroxylation is 1. The molecule has 0 radical (unpaired) electrons. The molecule has 1 atom stereocenters. The fourth-order valence-electron chi connectivity index (χ4n) is 5.26. The molecule has 3 N–H and O–H groups in total. The van der Waals surface area contributed by atoms with Gasteiger partial charge in [0.2, 0.25) is 11.8 Å². The number of nitrogens with one attached hydrogen (secondary N) is 3. The minimum atomic E-state index is -1.06. The van der Waals surface area contributed by atoms with E-state index >= 15 is 0 Å². The summed E-state index contributed by atoms with van der Waals surface area (Å²) in [6, 6.07) is 2.99. The average molecular weight is 554 g/mol. The number of ether oxygens (including phenoxy) is 2. The molecule has 0 unspecified atom stereocenters. The molecule has 12 heteroatoms. The van der Waals surface area contributed by atoms with Gasteiger partial charge in [-0.1, -0.05) is 0 Å². The second-order valence-corrected chi connectivity index (χ2v) is 10.0. The maximum atomic E-state index is 13.9. The van der Waals surface area contributed by atoms with Crippen molar-refractivity contribution in [3.63, 3.8) is 0 Å². The zero-order valence-electron chi connectivity index (χ0n) is 22.5. The van der Waals surface area contributed by atoms with Crippen molar-refractivity contribution in [2.45, 2.75) is 26.3 Å². The van der Waals surface area contributed by atoms with Crippen molar-refractivity contribution in [2.75, 3.05) is 57.9 Å². The Morgan fingerprint density at radius 2 is 1.70 bits per heavy atom. The second kappa shape index (κ2) is 11.6. The fraction of sp³-hybridized carbons (Fsp3) is 0.429. The highest BCUT2D eigenvalue weighted by atomic mass is 19.1. The number of benzene rings is 1. The summed E-state index contributed by atoms with van der Waals surface area (Å²) < 4.78 is 24.6. The number of halogens is 1. The van der Waals surface area contributed by atoms with Crippen LogP contribution in [-0.2, 0) is 23.9 Å². The van der Waals surface area contributed by atoms with Crippen LogP contribution in [-0.4, -0.2) is 97.1 Å². The number of fused-ring (bicyclic) bond motifs is 1. The predicted octanol–water partition coefficient (Wildman–Crippen LogP) is 1.47. The molecule has 4 heterocycles. The van der Waals surface area contributed by atoms with Crippen LogP contribution in [0.25, 0.3) is 11.6 Å². The molecule has 5 rings (SSSR count). The van der Waals surface area contributed by atoms with E-state index in [0.717, 1.165) is 0 Å². The van der Waals surface area contributed by atoms with Gasteiger partial charge in [-0.15, -0.1) is 0 Å². The van der Waals surface area contributed by atoms with Crippen molar-refractivity contribution in [1.29, 1.82) is 0 Å². The first kappa shape index (κ1) is 27.5. The zero-order valence-corrected chi connectivity index (χ0v) is 22.5. The summed E-state index contributed by atoms with van der Waals surface area (Å²) in [6.07, 6.45) is 1.40. The average Bonchev–Trinajstić information content (AvgIpc) is 3.42. The van der Waals surface area contributed by atoms with Crippen molar-refractivity contribution in [3.05, 3.63) is 52.1 Å². The lowest BCUT2D eigenvalue weighted by Gasteiger charge is -2.32. The minimum Gasteiger partial charge on any atom is -0.378 e. The van der Waals surface area contributed by atoms with Crippen molar-refractivity contribution in [1.82, 2.24) is 20.1 Å². The molecule has 0 bridgehead atoms. The van der Waals surface area contributed by atoms with E-state index in [0.29, 0.717) is 86.4 Å². The van der Waals surface area contributed by atoms with E-state index in [9.17, 15) is 23.6 Å². The van der Waals surface area contributed by atoms with E-state index in [1.165, 1.54) is 18.2 Å². The number of amides is 4. The third-order valence-electron chi connectivity index (χ3n) is 7.43. The van der Waals surface area contributed by atoms with Crippen LogP contribution in [0.2, 0.25) is 0 Å². The van der Waals surface area contributed by atoms with Crippen molar-refractivity contribution < 1.29 is 33.0 Å². The monoisotopic (exact) mass is 553 g/mol. The van der Waals surface area contributed by atoms with Gasteiger partial charge in [0.25, 0.3) is 11.8 Å². The van der Waals surface area contributed by atoms with Crippen LogP contribution in [0.1, 0.15) is 39.3 Å². The number of rotatable bonds is 6. The highest BCUT2D eigenvalue weighted by Crippen LogP contribution is 2.34. The van der Waals surface area contributed by atoms with Crippen LogP contribution in [0.5, 0.6) is 0 Å². The molecule has 2 saturated heterocycles. The number of carbonyl (C=O) groups excluding carboxylic acids is 4. The number of hydrogen-bond acceptors (Lipinski definition) is 6. The van der Waals surface area contributed by atoms with Gasteiger partial charge in [0.15, 0.2) is 0 Å². The van der Waals surface area contributed by atoms with Crippen LogP contribution >= 0.6 is 0 Å². The molecule has 0 spiro atoms. The summed E-state index contributed by atoms with van der Waals surface area (Å²) in [7, 11) is 0. The van der Waals surface area contributed by atoms with Crippen LogP contribution in [0.3, 0.4) is 0 Å². The Morgan fingerprint density at radius 3 is 2.38 bits per heavy atom. The molecule has 2 aromatic rings. The molecule has 0 aliphatic carbocycles. The standard InChI is InChI=1S/C28H32FN5O6/c1-16-22(14-20-19-13-18(29)3-4-21(19)31-26(20)36)30-17(2)25(16)27(37)32-23(28(38)34-7-11-40-12-8-34)15-24(35)33-5-9-39-10-6-33/h3-4,13-14,23,30H,5-12,15H2,1-2H3,(H,31,36)(H,32,37)/t23-/m0/s1. The lowest BCUT2D eigenvalue weighted by molar-refractivity contribution is -0.143. The molecule has 4 amide bonds. The van der Waals surface area contributed by atoms with Gasteiger partial charge in [0.1, 0.15) is 11.9 Å². The molecule has 212 valence electrons. The number of H-pyrrole nitrogens is 1. The van der Waals surface area contributed by atoms with Crippen LogP contribution in [0, 0.1) is 19.7 Å². The van der Waals surface area contributed by atoms with Gasteiger partial charge in [0.05, 0.1) is 44.0 Å². The Bertz CT molecular complexity index is 1370. The van der Waals surface area contributed by atoms with E-state index in [1.54, 1.807) is 29.7 Å². The largest absolute Gasteiger partial charge is 0.378 e. The topological polar surface area (TPSA) is 133 Å². The summed E-state index contributed by atoms with van der Waals surface area (Å²) in [5.74, 6) is -1.94. The summed E-state index contributed by atoms with van der Waals surface area (Å²) in [4.78, 5) is 59.0. The second-order valence-electron chi connectivity index (χ2n) is 10.0. The van der Waals surface area contributed by atoms with Crippen molar-refractivity contribution in [2.24, 2.45) is 0 Å². The third-order valence-corrected chi connectivity index (χ3v) is 7.43. The smallest absolute Gasteiger partial charge is 0.256 e. The summed E-state index contributed by atoms with van der Waals surface area (Å²) in [5, 5.41) is 5.51. The van der Waals surface area contributed by atoms with Crippen LogP contribution in [0.4, 0.5) is 10.1 Å². The Morgan fingerprint density at radius 1 is 1.05 bits per heavy atom. The van der Waals surface area contributed by atoms with Crippen LogP contribution < -0.4 is 10.6 Å². The van der Waals surface area contributed by atoms with Gasteiger partial charge in [-0.3, -0.25) is 19.2 Å². The molecule has 3 aliphatic rings. The lowest BCUT2D eigenvalue weighted by atomic mass is 10.0. The number of carbonyl (C=O) groups is 4. The van der Waals surface area contributed by atoms with Crippen molar-refractivity contribution >= 4 is 41.0 Å². The van der Waals surface area contributed by atoms with Gasteiger partial charge in [-0.25, -0.2) is 4.39 Å². The molecule has 1 aromatic heterocycles. The zero-order chi connectivity index (χ0) is 28.4. The molecule has 11 nitrogen and oxygen atoms in total. The number of aromatic nitrogens is 1. The highest BCUT2D eigenvalue weighted by Gasteiger charge is 2.33. The van der Waals surface area contributed by atoms with Crippen LogP contribution in [0.15, 0.2) is 18.2 Å². The van der Waals surface area contributed by atoms with Gasteiger partial charge in [0, 0.05) is 48.8 Å². The maximum absolute atomic E-state index is 13.9. The Balaban J connectivity index is 1.39. The summed E-state index contributed by atoms with van der Waals surface area (Å²) in [5.41, 5.74) is 3.09. The molecule has 1 aromatic carbocycles. The Hall–Kier alpha value is -4.03. The first-order chi connectivity index (χ1) is 19.2. The third kappa shape index (κ3) is 5.63. The van der Waals surface area contributed by atoms with Crippen molar-refractivity contribution in [3.8, 4) is 0 Å². The molecule has 0 saturated carbocycles. The van der Waals surface area contributed by atoms with E-state index in [1.807, 2.05) is 0 Å². The van der Waals surface area contributed by atoms with Gasteiger partial charge < -0.3 is 34.9 Å². The summed E-state index contributed by atoms with van der Waals surface area (Å²) >= 11 is 0. The maximum Gasteiger partial charge on any atom is 0.256 e. The summed E-state index contributed by atoms with van der Waals surface area (Å²) in [6.45, 7) is 6.68. The molecule has 40 heavy (non-hydrogen) atoms. The minimum absolute atomic E-state index is 0.177. The Labute approximate surface area is 230 Å². The van der Waals surface area contributed by atoms with E-state index < -0.39 is 17.8 Å². The predicted molar refractivity (Wildman–Crippen MR) is 144 cm³/mol. The Kier molecular flexibility index (Phi) is 7.99. The molecular weight excluding hydrogens is 521 g/mol. The van der Waals surface area contributed by atoms with E-state index in [2.05, 4.69) is 15.6 Å². The van der Waals surface area contributed by atoms with E-state index in [-0.39, 0.29) is 29.7 Å². The number of morpholine rings is 2. The quantitative estimate of drug-likeness (QED) is 0.464. The number of aromatic amines is 1. The molecule has 3 aliphatic heterocycles. The normalized spacial score (nSPS) is 18.9. The highest BCUT2D eigenvalue weighted by molar-refractivity contribution is 6.35. The van der Waals surface area contributed by atoms with Gasteiger partial charge in [-0.2, -0.15) is 0 Å². The first-order valence-corrected chi connectivity index (χ1v) is 13.3. The molecule has 2 fully saturated rings. The van der Waals surface area contributed by atoms with Gasteiger partial charge in [-0.05, 0) is 43.7 Å². The number of anilines is 1. The lowest BCUT2D eigenvalue weighted by Crippen LogP contribution is -2.54. The van der Waals surface area contributed by atoms with Gasteiger partial charge >= 0.3 is 0 Å². The number of hydrogen-bond donors (Lipinski definition) is 3. The SMILES string of the molecule is Cc1[nH]c(C=C2C(=O)Nc3ccc(F)cc32)c(C)c1C(=O)N[C@@H](CC(=O)N1CCOCC1)C(=O)N1CCOCC1.